The highest BCUT2D eigenvalue weighted by Gasteiger charge is 2.27. The number of hydrogen-bond donors (Lipinski definition) is 1. The molecule has 0 aliphatic carbocycles. The van der Waals surface area contributed by atoms with Gasteiger partial charge in [0, 0.05) is 51.1 Å². The first-order chi connectivity index (χ1) is 14.7. The van der Waals surface area contributed by atoms with Gasteiger partial charge in [-0.1, -0.05) is 0 Å². The van der Waals surface area contributed by atoms with Gasteiger partial charge in [-0.05, 0) is 83.1 Å². The summed E-state index contributed by atoms with van der Waals surface area (Å²) in [6.45, 7) is 9.79. The maximum atomic E-state index is 12.8. The standard InChI is InChI=1S/C24H38N4O3/c1-24(2,3)31-23(30)26(4)17-19-9-8-16-28(18-19)22(29)25-20-10-12-21(13-11-20)27-14-6-5-7-15-27/h10-13,19H,5-9,14-18H2,1-4H3,(H,25,29). The Kier molecular flexibility index (Phi) is 7.68. The van der Waals surface area contributed by atoms with Crippen molar-refractivity contribution in [2.45, 2.75) is 58.5 Å². The summed E-state index contributed by atoms with van der Waals surface area (Å²) < 4.78 is 5.44. The molecular formula is C24H38N4O3. The van der Waals surface area contributed by atoms with Crippen LogP contribution in [0.2, 0.25) is 0 Å². The molecule has 0 bridgehead atoms. The van der Waals surface area contributed by atoms with Gasteiger partial charge in [-0.2, -0.15) is 0 Å². The normalized spacial score (nSPS) is 19.7. The zero-order valence-electron chi connectivity index (χ0n) is 19.5. The first kappa shape index (κ1) is 23.2. The number of carbonyl (C=O) groups is 2. The largest absolute Gasteiger partial charge is 0.444 e. The van der Waals surface area contributed by atoms with E-state index in [2.05, 4.69) is 22.3 Å². The first-order valence-electron chi connectivity index (χ1n) is 11.6. The lowest BCUT2D eigenvalue weighted by Gasteiger charge is -2.35. The maximum Gasteiger partial charge on any atom is 0.410 e. The van der Waals surface area contributed by atoms with Crippen LogP contribution >= 0.6 is 0 Å². The Bertz CT molecular complexity index is 738. The van der Waals surface area contributed by atoms with Gasteiger partial charge in [-0.3, -0.25) is 0 Å². The third-order valence-corrected chi connectivity index (χ3v) is 5.88. The fourth-order valence-corrected chi connectivity index (χ4v) is 4.31. The molecule has 2 fully saturated rings. The van der Waals surface area contributed by atoms with Crippen molar-refractivity contribution in [3.8, 4) is 0 Å². The number of piperidine rings is 2. The van der Waals surface area contributed by atoms with Crippen LogP contribution in [0.25, 0.3) is 0 Å². The third kappa shape index (κ3) is 7.04. The average molecular weight is 431 g/mol. The molecule has 172 valence electrons. The molecule has 1 atom stereocenters. The molecule has 1 unspecified atom stereocenters. The summed E-state index contributed by atoms with van der Waals surface area (Å²) in [5.74, 6) is 0.249. The molecule has 1 aromatic carbocycles. The fourth-order valence-electron chi connectivity index (χ4n) is 4.31. The molecule has 2 aliphatic rings. The van der Waals surface area contributed by atoms with Crippen LogP contribution in [0.15, 0.2) is 24.3 Å². The Balaban J connectivity index is 1.49. The number of carbonyl (C=O) groups excluding carboxylic acids is 2. The summed E-state index contributed by atoms with van der Waals surface area (Å²) in [5.41, 5.74) is 1.53. The van der Waals surface area contributed by atoms with Gasteiger partial charge in [0.05, 0.1) is 0 Å². The highest BCUT2D eigenvalue weighted by Crippen LogP contribution is 2.23. The van der Waals surface area contributed by atoms with Crippen LogP contribution in [0.4, 0.5) is 21.0 Å². The Labute approximate surface area is 186 Å². The molecule has 0 saturated carbocycles. The monoisotopic (exact) mass is 430 g/mol. The molecule has 7 heteroatoms. The molecule has 3 rings (SSSR count). The zero-order chi connectivity index (χ0) is 22.4. The van der Waals surface area contributed by atoms with E-state index in [9.17, 15) is 9.59 Å². The zero-order valence-corrected chi connectivity index (χ0v) is 19.5. The quantitative estimate of drug-likeness (QED) is 0.746. The van der Waals surface area contributed by atoms with Gasteiger partial charge in [0.25, 0.3) is 0 Å². The van der Waals surface area contributed by atoms with E-state index in [0.29, 0.717) is 13.1 Å². The van der Waals surface area contributed by atoms with E-state index in [1.165, 1.54) is 24.9 Å². The molecule has 7 nitrogen and oxygen atoms in total. The van der Waals surface area contributed by atoms with Crippen molar-refractivity contribution in [2.24, 2.45) is 5.92 Å². The number of anilines is 2. The molecular weight excluding hydrogens is 392 g/mol. The van der Waals surface area contributed by atoms with Crippen molar-refractivity contribution in [3.63, 3.8) is 0 Å². The lowest BCUT2D eigenvalue weighted by Crippen LogP contribution is -2.46. The van der Waals surface area contributed by atoms with Crippen molar-refractivity contribution in [1.82, 2.24) is 9.80 Å². The highest BCUT2D eigenvalue weighted by molar-refractivity contribution is 5.89. The van der Waals surface area contributed by atoms with E-state index in [4.69, 9.17) is 4.74 Å². The van der Waals surface area contributed by atoms with Crippen molar-refractivity contribution < 1.29 is 14.3 Å². The van der Waals surface area contributed by atoms with Crippen LogP contribution in [0.5, 0.6) is 0 Å². The van der Waals surface area contributed by atoms with Crippen LogP contribution in [0.3, 0.4) is 0 Å². The van der Waals surface area contributed by atoms with Crippen LogP contribution in [0, 0.1) is 5.92 Å². The van der Waals surface area contributed by atoms with Crippen molar-refractivity contribution in [3.05, 3.63) is 24.3 Å². The van der Waals surface area contributed by atoms with E-state index >= 15 is 0 Å². The second-order valence-electron chi connectivity index (χ2n) is 9.84. The van der Waals surface area contributed by atoms with E-state index in [1.807, 2.05) is 37.8 Å². The second kappa shape index (κ2) is 10.2. The molecule has 2 aliphatic heterocycles. The van der Waals surface area contributed by atoms with Crippen molar-refractivity contribution in [1.29, 1.82) is 0 Å². The summed E-state index contributed by atoms with van der Waals surface area (Å²) in [4.78, 5) is 30.9. The number of ether oxygens (including phenoxy) is 1. The number of hydrogen-bond acceptors (Lipinski definition) is 4. The summed E-state index contributed by atoms with van der Waals surface area (Å²) >= 11 is 0. The number of nitrogens with one attached hydrogen (secondary N) is 1. The van der Waals surface area contributed by atoms with Gasteiger partial charge in [0.1, 0.15) is 5.60 Å². The van der Waals surface area contributed by atoms with Crippen LogP contribution in [0.1, 0.15) is 52.9 Å². The predicted octanol–water partition coefficient (Wildman–Crippen LogP) is 4.79. The van der Waals surface area contributed by atoms with Crippen LogP contribution < -0.4 is 10.2 Å². The molecule has 0 spiro atoms. The molecule has 1 aromatic rings. The van der Waals surface area contributed by atoms with E-state index < -0.39 is 5.60 Å². The molecule has 3 amide bonds. The molecule has 0 aromatic heterocycles. The second-order valence-corrected chi connectivity index (χ2v) is 9.84. The minimum absolute atomic E-state index is 0.0738. The van der Waals surface area contributed by atoms with Gasteiger partial charge in [0.15, 0.2) is 0 Å². The minimum Gasteiger partial charge on any atom is -0.444 e. The summed E-state index contributed by atoms with van der Waals surface area (Å²) in [6, 6.07) is 8.08. The molecule has 0 radical (unpaired) electrons. The highest BCUT2D eigenvalue weighted by atomic mass is 16.6. The number of nitrogens with zero attached hydrogens (tertiary/aromatic N) is 3. The van der Waals surface area contributed by atoms with Gasteiger partial charge in [-0.15, -0.1) is 0 Å². The number of rotatable bonds is 4. The van der Waals surface area contributed by atoms with Gasteiger partial charge in [0.2, 0.25) is 0 Å². The fraction of sp³-hybridized carbons (Fsp3) is 0.667. The topological polar surface area (TPSA) is 65.1 Å². The number of amides is 3. The lowest BCUT2D eigenvalue weighted by atomic mass is 9.98. The number of likely N-dealkylation sites (tertiary alicyclic amines) is 1. The molecule has 2 heterocycles. The van der Waals surface area contributed by atoms with Crippen LogP contribution in [-0.4, -0.2) is 67.3 Å². The molecule has 2 saturated heterocycles. The predicted molar refractivity (Wildman–Crippen MR) is 125 cm³/mol. The van der Waals surface area contributed by atoms with Gasteiger partial charge < -0.3 is 24.8 Å². The smallest absolute Gasteiger partial charge is 0.410 e. The third-order valence-electron chi connectivity index (χ3n) is 5.88. The summed E-state index contributed by atoms with van der Waals surface area (Å²) in [6.07, 6.45) is 5.43. The van der Waals surface area contributed by atoms with E-state index in [1.54, 1.807) is 11.9 Å². The summed E-state index contributed by atoms with van der Waals surface area (Å²) in [7, 11) is 1.76. The van der Waals surface area contributed by atoms with E-state index in [-0.39, 0.29) is 18.0 Å². The van der Waals surface area contributed by atoms with Crippen molar-refractivity contribution >= 4 is 23.5 Å². The van der Waals surface area contributed by atoms with Gasteiger partial charge in [-0.25, -0.2) is 9.59 Å². The number of benzene rings is 1. The Hall–Kier alpha value is -2.44. The lowest BCUT2D eigenvalue weighted by molar-refractivity contribution is 0.0253. The van der Waals surface area contributed by atoms with Crippen molar-refractivity contribution in [2.75, 3.05) is 50.0 Å². The first-order valence-corrected chi connectivity index (χ1v) is 11.6. The van der Waals surface area contributed by atoms with E-state index in [0.717, 1.165) is 38.2 Å². The number of urea groups is 1. The van der Waals surface area contributed by atoms with Gasteiger partial charge >= 0.3 is 12.1 Å². The Morgan fingerprint density at radius 1 is 1.06 bits per heavy atom. The SMILES string of the molecule is CN(CC1CCCN(C(=O)Nc2ccc(N3CCCCC3)cc2)C1)C(=O)OC(C)(C)C. The Morgan fingerprint density at radius 3 is 2.39 bits per heavy atom. The average Bonchev–Trinajstić information content (AvgIpc) is 2.74. The Morgan fingerprint density at radius 2 is 1.74 bits per heavy atom. The molecule has 31 heavy (non-hydrogen) atoms. The minimum atomic E-state index is -0.507. The van der Waals surface area contributed by atoms with Crippen LogP contribution in [-0.2, 0) is 4.74 Å². The summed E-state index contributed by atoms with van der Waals surface area (Å²) in [5, 5.41) is 3.03. The maximum absolute atomic E-state index is 12.8. The molecule has 1 N–H and O–H groups in total.